The molecule has 0 bridgehead atoms. The summed E-state index contributed by atoms with van der Waals surface area (Å²) < 4.78 is 0. The van der Waals surface area contributed by atoms with Gasteiger partial charge in [0.1, 0.15) is 0 Å². The maximum absolute atomic E-state index is 12.2. The highest BCUT2D eigenvalue weighted by atomic mass is 35.5. The Balaban J connectivity index is 0.00000264. The Morgan fingerprint density at radius 2 is 1.78 bits per heavy atom. The molecule has 0 N–H and O–H groups in total. The molecule has 0 radical (unpaired) electrons. The zero-order valence-corrected chi connectivity index (χ0v) is 15.3. The predicted octanol–water partition coefficient (Wildman–Crippen LogP) is 3.84. The van der Waals surface area contributed by atoms with Gasteiger partial charge in [0.05, 0.1) is 0 Å². The van der Waals surface area contributed by atoms with Gasteiger partial charge in [0, 0.05) is 38.1 Å². The number of piperazine rings is 1. The minimum Gasteiger partial charge on any atom is -0.335 e. The van der Waals surface area contributed by atoms with Crippen molar-refractivity contribution < 1.29 is 4.79 Å². The first-order valence-corrected chi connectivity index (χ1v) is 8.37. The molecule has 1 fully saturated rings. The summed E-state index contributed by atoms with van der Waals surface area (Å²) in [4.78, 5) is 16.7. The van der Waals surface area contributed by atoms with Crippen molar-refractivity contribution in [3.05, 3.63) is 42.0 Å². The van der Waals surface area contributed by atoms with Crippen molar-refractivity contribution in [1.29, 1.82) is 0 Å². The van der Waals surface area contributed by atoms with Crippen molar-refractivity contribution in [2.75, 3.05) is 19.6 Å². The number of hydrogen-bond acceptors (Lipinski definition) is 2. The topological polar surface area (TPSA) is 23.6 Å². The van der Waals surface area contributed by atoms with Crippen LogP contribution in [0.5, 0.6) is 0 Å². The highest BCUT2D eigenvalue weighted by Crippen LogP contribution is 2.17. The standard InChI is InChI=1S/C19H28N2O.ClH/c1-4-9-19(22)21-16(2)14-20(15-17(21)3)13-8-12-18-10-6-5-7-11-18;/h5-8,10-12,16-17H,4,9,13-15H2,1-3H3;1H/b12-8+;. The Labute approximate surface area is 146 Å². The Bertz CT molecular complexity index is 491. The van der Waals surface area contributed by atoms with E-state index in [4.69, 9.17) is 0 Å². The van der Waals surface area contributed by atoms with Crippen molar-refractivity contribution in [2.24, 2.45) is 0 Å². The SMILES string of the molecule is CCCC(=O)N1C(C)CN(C/C=C/c2ccccc2)CC1C.Cl. The Hall–Kier alpha value is -1.32. The summed E-state index contributed by atoms with van der Waals surface area (Å²) in [6.45, 7) is 9.25. The van der Waals surface area contributed by atoms with Gasteiger partial charge in [-0.1, -0.05) is 49.4 Å². The Morgan fingerprint density at radius 1 is 1.17 bits per heavy atom. The van der Waals surface area contributed by atoms with E-state index in [2.05, 4.69) is 67.0 Å². The number of carbonyl (C=O) groups excluding carboxylic acids is 1. The molecule has 0 spiro atoms. The van der Waals surface area contributed by atoms with Gasteiger partial charge in [-0.3, -0.25) is 9.69 Å². The number of carbonyl (C=O) groups is 1. The molecule has 2 rings (SSSR count). The van der Waals surface area contributed by atoms with Crippen LogP contribution in [-0.2, 0) is 4.79 Å². The van der Waals surface area contributed by atoms with Crippen LogP contribution in [-0.4, -0.2) is 47.4 Å². The second kappa shape index (κ2) is 9.74. The van der Waals surface area contributed by atoms with E-state index < -0.39 is 0 Å². The van der Waals surface area contributed by atoms with Gasteiger partial charge in [-0.2, -0.15) is 0 Å². The molecule has 0 aromatic heterocycles. The van der Waals surface area contributed by atoms with Crippen LogP contribution in [0.4, 0.5) is 0 Å². The summed E-state index contributed by atoms with van der Waals surface area (Å²) in [5.41, 5.74) is 1.24. The zero-order valence-electron chi connectivity index (χ0n) is 14.4. The van der Waals surface area contributed by atoms with E-state index in [9.17, 15) is 4.79 Å². The molecular weight excluding hydrogens is 308 g/mol. The molecule has 3 nitrogen and oxygen atoms in total. The number of hydrogen-bond donors (Lipinski definition) is 0. The van der Waals surface area contributed by atoms with Gasteiger partial charge in [0.2, 0.25) is 5.91 Å². The highest BCUT2D eigenvalue weighted by Gasteiger charge is 2.31. The fourth-order valence-electron chi connectivity index (χ4n) is 3.32. The monoisotopic (exact) mass is 336 g/mol. The molecule has 1 aliphatic rings. The molecule has 1 aromatic rings. The summed E-state index contributed by atoms with van der Waals surface area (Å²) in [5, 5.41) is 0. The third-order valence-corrected chi connectivity index (χ3v) is 4.22. The predicted molar refractivity (Wildman–Crippen MR) is 99.8 cm³/mol. The molecule has 1 heterocycles. The molecule has 2 unspecified atom stereocenters. The second-order valence-electron chi connectivity index (χ2n) is 6.28. The third kappa shape index (κ3) is 5.67. The molecule has 1 saturated heterocycles. The first kappa shape index (κ1) is 19.7. The van der Waals surface area contributed by atoms with Crippen molar-refractivity contribution in [3.8, 4) is 0 Å². The number of nitrogens with zero attached hydrogens (tertiary/aromatic N) is 2. The fraction of sp³-hybridized carbons (Fsp3) is 0.526. The molecular formula is C19H29ClN2O. The lowest BCUT2D eigenvalue weighted by molar-refractivity contribution is -0.138. The van der Waals surface area contributed by atoms with Crippen molar-refractivity contribution in [3.63, 3.8) is 0 Å². The summed E-state index contributed by atoms with van der Waals surface area (Å²) in [6, 6.07) is 11.0. The van der Waals surface area contributed by atoms with Crippen LogP contribution >= 0.6 is 12.4 Å². The molecule has 128 valence electrons. The number of halogens is 1. The summed E-state index contributed by atoms with van der Waals surface area (Å²) in [7, 11) is 0. The van der Waals surface area contributed by atoms with E-state index in [1.165, 1.54) is 5.56 Å². The smallest absolute Gasteiger partial charge is 0.223 e. The van der Waals surface area contributed by atoms with Crippen LogP contribution in [0.3, 0.4) is 0 Å². The molecule has 0 saturated carbocycles. The summed E-state index contributed by atoms with van der Waals surface area (Å²) in [6.07, 6.45) is 5.99. The van der Waals surface area contributed by atoms with E-state index in [1.54, 1.807) is 0 Å². The number of amides is 1. The van der Waals surface area contributed by atoms with E-state index in [0.29, 0.717) is 24.4 Å². The Kier molecular flexibility index (Phi) is 8.35. The van der Waals surface area contributed by atoms with E-state index in [-0.39, 0.29) is 12.4 Å². The molecule has 4 heteroatoms. The lowest BCUT2D eigenvalue weighted by atomic mass is 10.1. The first-order chi connectivity index (χ1) is 10.6. The molecule has 2 atom stereocenters. The molecule has 1 amide bonds. The van der Waals surface area contributed by atoms with Crippen molar-refractivity contribution in [2.45, 2.75) is 45.7 Å². The van der Waals surface area contributed by atoms with Gasteiger partial charge in [-0.25, -0.2) is 0 Å². The number of benzene rings is 1. The van der Waals surface area contributed by atoms with Crippen molar-refractivity contribution in [1.82, 2.24) is 9.80 Å². The zero-order chi connectivity index (χ0) is 15.9. The van der Waals surface area contributed by atoms with Crippen molar-refractivity contribution >= 4 is 24.4 Å². The van der Waals surface area contributed by atoms with E-state index >= 15 is 0 Å². The maximum Gasteiger partial charge on any atom is 0.223 e. The maximum atomic E-state index is 12.2. The third-order valence-electron chi connectivity index (χ3n) is 4.22. The van der Waals surface area contributed by atoms with Gasteiger partial charge in [0.15, 0.2) is 0 Å². The quantitative estimate of drug-likeness (QED) is 0.815. The largest absolute Gasteiger partial charge is 0.335 e. The van der Waals surface area contributed by atoms with Crippen LogP contribution in [0.2, 0.25) is 0 Å². The minimum absolute atomic E-state index is 0. The number of rotatable bonds is 5. The molecule has 1 aliphatic heterocycles. The van der Waals surface area contributed by atoms with Crippen LogP contribution in [0.25, 0.3) is 6.08 Å². The molecule has 0 aliphatic carbocycles. The van der Waals surface area contributed by atoms with E-state index in [0.717, 1.165) is 26.1 Å². The Morgan fingerprint density at radius 3 is 2.35 bits per heavy atom. The molecule has 1 aromatic carbocycles. The lowest BCUT2D eigenvalue weighted by Gasteiger charge is -2.44. The summed E-state index contributed by atoms with van der Waals surface area (Å²) >= 11 is 0. The lowest BCUT2D eigenvalue weighted by Crippen LogP contribution is -2.58. The molecule has 23 heavy (non-hydrogen) atoms. The van der Waals surface area contributed by atoms with Gasteiger partial charge in [-0.05, 0) is 25.8 Å². The average molecular weight is 337 g/mol. The minimum atomic E-state index is 0. The average Bonchev–Trinajstić information content (AvgIpc) is 2.48. The van der Waals surface area contributed by atoms with Crippen LogP contribution < -0.4 is 0 Å². The van der Waals surface area contributed by atoms with Gasteiger partial charge in [0.25, 0.3) is 0 Å². The van der Waals surface area contributed by atoms with Crippen LogP contribution in [0, 0.1) is 0 Å². The van der Waals surface area contributed by atoms with E-state index in [1.807, 2.05) is 6.07 Å². The van der Waals surface area contributed by atoms with Crippen LogP contribution in [0.1, 0.15) is 39.2 Å². The van der Waals surface area contributed by atoms with Gasteiger partial charge < -0.3 is 4.90 Å². The highest BCUT2D eigenvalue weighted by molar-refractivity contribution is 5.85. The first-order valence-electron chi connectivity index (χ1n) is 8.37. The normalized spacial score (nSPS) is 22.1. The van der Waals surface area contributed by atoms with Crippen LogP contribution in [0.15, 0.2) is 36.4 Å². The second-order valence-corrected chi connectivity index (χ2v) is 6.28. The fourth-order valence-corrected chi connectivity index (χ4v) is 3.32. The van der Waals surface area contributed by atoms with Gasteiger partial charge >= 0.3 is 0 Å². The summed E-state index contributed by atoms with van der Waals surface area (Å²) in [5.74, 6) is 0.307. The van der Waals surface area contributed by atoms with Gasteiger partial charge in [-0.15, -0.1) is 12.4 Å².